The van der Waals surface area contributed by atoms with Crippen molar-refractivity contribution in [2.24, 2.45) is 0 Å². The molecule has 6 heteroatoms. The van der Waals surface area contributed by atoms with Crippen molar-refractivity contribution in [1.29, 1.82) is 0 Å². The molecule has 0 aromatic heterocycles. The maximum atomic E-state index is 12.7. The number of benzene rings is 1. The average Bonchev–Trinajstić information content (AvgIpc) is 2.88. The number of rotatable bonds is 3. The van der Waals surface area contributed by atoms with Gasteiger partial charge in [-0.25, -0.2) is 4.79 Å². The highest BCUT2D eigenvalue weighted by Gasteiger charge is 2.36. The second kappa shape index (κ2) is 8.74. The van der Waals surface area contributed by atoms with Gasteiger partial charge in [0.25, 0.3) is 0 Å². The summed E-state index contributed by atoms with van der Waals surface area (Å²) in [5.41, 5.74) is 3.52. The number of carbonyl (C=O) groups excluding carboxylic acids is 2. The van der Waals surface area contributed by atoms with E-state index in [0.29, 0.717) is 25.1 Å². The fraction of sp³-hybridized carbons (Fsp3) is 0.652. The largest absolute Gasteiger partial charge is 0.450 e. The summed E-state index contributed by atoms with van der Waals surface area (Å²) in [6.07, 6.45) is 5.59. The minimum absolute atomic E-state index is 0.173. The highest BCUT2D eigenvalue weighted by molar-refractivity contribution is 6.02. The van der Waals surface area contributed by atoms with Crippen LogP contribution in [0.4, 0.5) is 10.5 Å². The van der Waals surface area contributed by atoms with Crippen LogP contribution in [-0.2, 0) is 16.0 Å². The van der Waals surface area contributed by atoms with Crippen molar-refractivity contribution in [3.8, 4) is 0 Å². The molecule has 1 unspecified atom stereocenters. The molecule has 1 aromatic rings. The van der Waals surface area contributed by atoms with E-state index in [1.807, 2.05) is 11.8 Å². The van der Waals surface area contributed by atoms with E-state index >= 15 is 0 Å². The Hall–Kier alpha value is -2.08. The normalized spacial score (nSPS) is 23.8. The number of piperidine rings is 1. The van der Waals surface area contributed by atoms with E-state index < -0.39 is 0 Å². The van der Waals surface area contributed by atoms with Gasteiger partial charge in [0.05, 0.1) is 13.0 Å². The molecule has 29 heavy (non-hydrogen) atoms. The second-order valence-electron chi connectivity index (χ2n) is 8.61. The van der Waals surface area contributed by atoms with Crippen LogP contribution in [0, 0.1) is 6.92 Å². The second-order valence-corrected chi connectivity index (χ2v) is 8.61. The van der Waals surface area contributed by atoms with Gasteiger partial charge >= 0.3 is 6.09 Å². The van der Waals surface area contributed by atoms with Crippen LogP contribution in [0.15, 0.2) is 18.2 Å². The van der Waals surface area contributed by atoms with Crippen LogP contribution < -0.4 is 4.90 Å². The predicted octanol–water partition coefficient (Wildman–Crippen LogP) is 3.36. The maximum absolute atomic E-state index is 12.7. The van der Waals surface area contributed by atoms with Crippen LogP contribution in [0.5, 0.6) is 0 Å². The molecule has 0 spiro atoms. The standard InChI is InChI=1S/C23H33N3O3/c1-3-29-23(28)25-11-4-5-19(8-14-25)24-12-9-20(10-13-24)26-21-15-17(2)6-7-18(21)16-22(26)27/h6-7,15,19-20H,3-5,8-14,16H2,1-2H3. The van der Waals surface area contributed by atoms with E-state index in [9.17, 15) is 9.59 Å². The van der Waals surface area contributed by atoms with Crippen LogP contribution in [0.25, 0.3) is 0 Å². The van der Waals surface area contributed by atoms with Gasteiger partial charge in [-0.1, -0.05) is 12.1 Å². The van der Waals surface area contributed by atoms with Crippen molar-refractivity contribution in [3.63, 3.8) is 0 Å². The Balaban J connectivity index is 1.34. The number of anilines is 1. The molecule has 2 amide bonds. The Morgan fingerprint density at radius 3 is 2.59 bits per heavy atom. The summed E-state index contributed by atoms with van der Waals surface area (Å²) in [7, 11) is 0. The molecular formula is C23H33N3O3. The quantitative estimate of drug-likeness (QED) is 0.782. The van der Waals surface area contributed by atoms with Crippen LogP contribution in [-0.4, -0.2) is 66.7 Å². The number of hydrogen-bond acceptors (Lipinski definition) is 4. The first kappa shape index (κ1) is 20.2. The van der Waals surface area contributed by atoms with E-state index in [1.54, 1.807) is 0 Å². The molecule has 1 aromatic carbocycles. The Morgan fingerprint density at radius 2 is 1.83 bits per heavy atom. The van der Waals surface area contributed by atoms with Crippen molar-refractivity contribution in [2.45, 2.75) is 64.5 Å². The van der Waals surface area contributed by atoms with Crippen LogP contribution in [0.2, 0.25) is 0 Å². The van der Waals surface area contributed by atoms with E-state index in [0.717, 1.165) is 64.0 Å². The SMILES string of the molecule is CCOC(=O)N1CCCC(N2CCC(N3C(=O)Cc4ccc(C)cc43)CC2)CC1. The zero-order chi connectivity index (χ0) is 20.4. The molecule has 6 nitrogen and oxygen atoms in total. The van der Waals surface area contributed by atoms with Crippen molar-refractivity contribution in [1.82, 2.24) is 9.80 Å². The number of carbonyl (C=O) groups is 2. The lowest BCUT2D eigenvalue weighted by Gasteiger charge is -2.40. The third-order valence-corrected chi connectivity index (χ3v) is 6.71. The van der Waals surface area contributed by atoms with Crippen molar-refractivity contribution < 1.29 is 14.3 Å². The smallest absolute Gasteiger partial charge is 0.409 e. The third-order valence-electron chi connectivity index (χ3n) is 6.71. The maximum Gasteiger partial charge on any atom is 0.409 e. The first-order valence-corrected chi connectivity index (χ1v) is 11.1. The molecule has 158 valence electrons. The topological polar surface area (TPSA) is 53.1 Å². The lowest BCUT2D eigenvalue weighted by atomic mass is 9.98. The summed E-state index contributed by atoms with van der Waals surface area (Å²) in [6, 6.07) is 7.22. The van der Waals surface area contributed by atoms with Gasteiger partial charge in [-0.15, -0.1) is 0 Å². The Kier molecular flexibility index (Phi) is 6.09. The zero-order valence-electron chi connectivity index (χ0n) is 17.7. The van der Waals surface area contributed by atoms with Gasteiger partial charge in [0, 0.05) is 44.0 Å². The molecule has 0 N–H and O–H groups in total. The van der Waals surface area contributed by atoms with E-state index in [1.165, 1.54) is 11.1 Å². The molecule has 0 radical (unpaired) electrons. The molecule has 3 aliphatic rings. The Bertz CT molecular complexity index is 758. The highest BCUT2D eigenvalue weighted by Crippen LogP contribution is 2.35. The number of fused-ring (bicyclic) bond motifs is 1. The fourth-order valence-electron chi connectivity index (χ4n) is 5.18. The molecule has 2 fully saturated rings. The minimum atomic E-state index is -0.173. The summed E-state index contributed by atoms with van der Waals surface area (Å²) in [5.74, 6) is 0.253. The molecule has 3 aliphatic heterocycles. The van der Waals surface area contributed by atoms with Gasteiger partial charge in [0.15, 0.2) is 0 Å². The lowest BCUT2D eigenvalue weighted by Crippen LogP contribution is -2.49. The van der Waals surface area contributed by atoms with Gasteiger partial charge in [0.2, 0.25) is 5.91 Å². The number of hydrogen-bond donors (Lipinski definition) is 0. The molecule has 0 saturated carbocycles. The minimum Gasteiger partial charge on any atom is -0.450 e. The van der Waals surface area contributed by atoms with Crippen molar-refractivity contribution >= 4 is 17.7 Å². The number of nitrogens with zero attached hydrogens (tertiary/aromatic N) is 3. The van der Waals surface area contributed by atoms with Crippen molar-refractivity contribution in [2.75, 3.05) is 37.7 Å². The number of likely N-dealkylation sites (tertiary alicyclic amines) is 2. The van der Waals surface area contributed by atoms with Gasteiger partial charge < -0.3 is 19.4 Å². The molecule has 3 heterocycles. The van der Waals surface area contributed by atoms with Crippen LogP contribution >= 0.6 is 0 Å². The zero-order valence-corrected chi connectivity index (χ0v) is 17.7. The van der Waals surface area contributed by atoms with E-state index in [2.05, 4.69) is 34.9 Å². The fourth-order valence-corrected chi connectivity index (χ4v) is 5.18. The highest BCUT2D eigenvalue weighted by atomic mass is 16.6. The average molecular weight is 400 g/mol. The Labute approximate surface area is 173 Å². The molecule has 0 bridgehead atoms. The third kappa shape index (κ3) is 4.27. The molecule has 1 atom stereocenters. The van der Waals surface area contributed by atoms with Gasteiger partial charge in [-0.2, -0.15) is 0 Å². The number of ether oxygens (including phenoxy) is 1. The predicted molar refractivity (Wildman–Crippen MR) is 113 cm³/mol. The molecular weight excluding hydrogens is 366 g/mol. The lowest BCUT2D eigenvalue weighted by molar-refractivity contribution is -0.118. The Morgan fingerprint density at radius 1 is 1.07 bits per heavy atom. The van der Waals surface area contributed by atoms with E-state index in [4.69, 9.17) is 4.74 Å². The molecule has 0 aliphatic carbocycles. The van der Waals surface area contributed by atoms with Gasteiger partial charge in [0.1, 0.15) is 0 Å². The van der Waals surface area contributed by atoms with Crippen molar-refractivity contribution in [3.05, 3.63) is 29.3 Å². The molecule has 4 rings (SSSR count). The summed E-state index contributed by atoms with van der Waals surface area (Å²) >= 11 is 0. The van der Waals surface area contributed by atoms with Gasteiger partial charge in [-0.05, 0) is 63.1 Å². The van der Waals surface area contributed by atoms with Gasteiger partial charge in [-0.3, -0.25) is 4.79 Å². The first-order chi connectivity index (χ1) is 14.1. The number of aryl methyl sites for hydroxylation is 1. The monoisotopic (exact) mass is 399 g/mol. The first-order valence-electron chi connectivity index (χ1n) is 11.1. The van der Waals surface area contributed by atoms with Crippen LogP contribution in [0.1, 0.15) is 50.2 Å². The summed E-state index contributed by atoms with van der Waals surface area (Å²) in [5, 5.41) is 0. The molecule has 2 saturated heterocycles. The summed E-state index contributed by atoms with van der Waals surface area (Å²) in [4.78, 5) is 31.2. The van der Waals surface area contributed by atoms with E-state index in [-0.39, 0.29) is 12.0 Å². The summed E-state index contributed by atoms with van der Waals surface area (Å²) in [6.45, 7) is 8.01. The van der Waals surface area contributed by atoms with Crippen LogP contribution in [0.3, 0.4) is 0 Å². The summed E-state index contributed by atoms with van der Waals surface area (Å²) < 4.78 is 5.17. The number of amides is 2.